The van der Waals surface area contributed by atoms with Crippen molar-refractivity contribution in [2.75, 3.05) is 14.7 Å². The van der Waals surface area contributed by atoms with Crippen LogP contribution in [0.3, 0.4) is 0 Å². The molecule has 0 bridgehead atoms. The summed E-state index contributed by atoms with van der Waals surface area (Å²) in [6, 6.07) is 94.0. The zero-order valence-corrected chi connectivity index (χ0v) is 68.4. The minimum atomic E-state index is -0.602. The van der Waals surface area contributed by atoms with Crippen LogP contribution in [0.5, 0.6) is 0 Å². The first-order valence-corrected chi connectivity index (χ1v) is 40.7. The Morgan fingerprint density at radius 1 is 0.246 bits per heavy atom. The molecule has 0 aliphatic carbocycles. The maximum atomic E-state index is 10.4. The molecule has 0 fully saturated rings. The molecule has 118 heavy (non-hydrogen) atoms. The molecule has 5 nitrogen and oxygen atoms in total. The molecule has 4 heterocycles. The van der Waals surface area contributed by atoms with Crippen molar-refractivity contribution in [3.8, 4) is 67.0 Å². The molecule has 6 heteroatoms. The zero-order valence-electron chi connectivity index (χ0n) is 81.4. The van der Waals surface area contributed by atoms with Gasteiger partial charge in [-0.3, -0.25) is 0 Å². The van der Waals surface area contributed by atoms with Gasteiger partial charge in [0.2, 0.25) is 0 Å². The lowest BCUT2D eigenvalue weighted by Crippen LogP contribution is -2.61. The summed E-state index contributed by atoms with van der Waals surface area (Å²) in [4.78, 5) is 6.49. The van der Waals surface area contributed by atoms with Crippen LogP contribution in [0.1, 0.15) is 123 Å². The topological polar surface area (TPSA) is 19.6 Å². The second-order valence-electron chi connectivity index (χ2n) is 35.7. The van der Waals surface area contributed by atoms with Gasteiger partial charge in [0.15, 0.2) is 0 Å². The maximum absolute atomic E-state index is 10.4. The fourth-order valence-electron chi connectivity index (χ4n) is 17.7. The first-order chi connectivity index (χ1) is 62.4. The number of rotatable bonds is 12. The predicted molar refractivity (Wildman–Crippen MR) is 506 cm³/mol. The van der Waals surface area contributed by atoms with Crippen molar-refractivity contribution in [1.29, 1.82) is 0 Å². The van der Waals surface area contributed by atoms with E-state index in [9.17, 15) is 12.3 Å². The maximum Gasteiger partial charge on any atom is 0.252 e. The van der Waals surface area contributed by atoms with Crippen LogP contribution in [-0.4, -0.2) is 15.8 Å². The largest absolute Gasteiger partial charge is 0.311 e. The van der Waals surface area contributed by atoms with Gasteiger partial charge in [0.25, 0.3) is 6.71 Å². The van der Waals surface area contributed by atoms with Crippen LogP contribution in [0.25, 0.3) is 111 Å². The number of para-hydroxylation sites is 3. The Morgan fingerprint density at radius 2 is 0.636 bits per heavy atom. The van der Waals surface area contributed by atoms with Crippen molar-refractivity contribution in [2.45, 2.75) is 105 Å². The average Bonchev–Trinajstić information content (AvgIpc) is 1.19. The molecule has 0 spiro atoms. The molecule has 0 atom stereocenters. The molecule has 572 valence electrons. The Morgan fingerprint density at radius 3 is 1.08 bits per heavy atom. The van der Waals surface area contributed by atoms with Crippen LogP contribution >= 0.6 is 0 Å². The van der Waals surface area contributed by atoms with Crippen LogP contribution in [0.2, 0.25) is 0 Å². The summed E-state index contributed by atoms with van der Waals surface area (Å²) in [5.41, 5.74) is 24.6. The number of aromatic nitrogens is 2. The van der Waals surface area contributed by atoms with Gasteiger partial charge in [0.1, 0.15) is 0 Å². The number of hydrogen-bond donors (Lipinski definition) is 0. The zero-order chi connectivity index (χ0) is 92.0. The van der Waals surface area contributed by atoms with Gasteiger partial charge in [-0.1, -0.05) is 307 Å². The van der Waals surface area contributed by atoms with Gasteiger partial charge >= 0.3 is 0 Å². The van der Waals surface area contributed by atoms with E-state index in [1.54, 1.807) is 29.2 Å². The summed E-state index contributed by atoms with van der Waals surface area (Å²) in [6.07, 6.45) is 0. The molecule has 0 saturated carbocycles. The van der Waals surface area contributed by atoms with Crippen molar-refractivity contribution in [2.24, 2.45) is 0 Å². The number of anilines is 9. The summed E-state index contributed by atoms with van der Waals surface area (Å²) in [6.45, 7) is 26.6. The molecule has 20 rings (SSSR count). The van der Waals surface area contributed by atoms with E-state index in [1.807, 2.05) is 24.3 Å². The van der Waals surface area contributed by atoms with Crippen LogP contribution < -0.4 is 31.1 Å². The fraction of sp³-hybridized carbons (Fsp3) is 0.143. The lowest BCUT2D eigenvalue weighted by molar-refractivity contribution is 0.569. The minimum Gasteiger partial charge on any atom is -0.311 e. The first-order valence-electron chi connectivity index (χ1n) is 47.2. The number of benzene rings is 16. The summed E-state index contributed by atoms with van der Waals surface area (Å²) in [7, 11) is 0. The summed E-state index contributed by atoms with van der Waals surface area (Å²) >= 11 is 0. The van der Waals surface area contributed by atoms with E-state index in [0.717, 1.165) is 122 Å². The molecule has 0 unspecified atom stereocenters. The monoisotopic (exact) mass is 1530 g/mol. The van der Waals surface area contributed by atoms with Crippen molar-refractivity contribution in [1.82, 2.24) is 9.13 Å². The predicted octanol–water partition coefficient (Wildman–Crippen LogP) is 29.0. The highest BCUT2D eigenvalue weighted by molar-refractivity contribution is 7.00. The normalized spacial score (nSPS) is 14.4. The summed E-state index contributed by atoms with van der Waals surface area (Å²) < 4.78 is 127. The van der Waals surface area contributed by atoms with Crippen molar-refractivity contribution < 1.29 is 17.8 Å². The van der Waals surface area contributed by atoms with Gasteiger partial charge in [-0.05, 0) is 255 Å². The Hall–Kier alpha value is -13.4. The highest BCUT2D eigenvalue weighted by Gasteiger charge is 2.45. The molecule has 18 aromatic rings. The molecule has 16 aromatic carbocycles. The molecule has 0 amide bonds. The standard InChI is InChI=1S/C112H96BN5/c1-109(2,3)83-47-56-102-96(68-83)97-69-84(110(4,5)6)48-57-103(97)116(102)90-53-55-99-105(70-90)118(92-64-80(75-36-22-15-23-37-75)59-81(65-92)76-38-24-16-25-39-76)107-72-93(114(87-40-26-17-27-41-87)88-49-51-89(52-50-88)115-100-44-30-28-42-94(100)95-43-29-31-45-101(95)115)71-106-108(107)113(99)98-54-46-77(82-60-85(111(7,8)9)67-86(61-82)112(10,11)12)66-104(98)117(106)91-62-78(73-32-18-13-19-33-73)58-79(63-91)74-34-20-14-21-35-74/h13-72H,1-12H3/i17D,26D,27D,28D,29D,30D,31D,40D,41D,42D,43D,44D,45D. The van der Waals surface area contributed by atoms with Gasteiger partial charge in [-0.2, -0.15) is 0 Å². The lowest BCUT2D eigenvalue weighted by Gasteiger charge is -2.45. The van der Waals surface area contributed by atoms with Gasteiger partial charge in [-0.15, -0.1) is 0 Å². The Kier molecular flexibility index (Phi) is 14.4. The van der Waals surface area contributed by atoms with E-state index in [2.05, 4.69) is 334 Å². The fourth-order valence-corrected chi connectivity index (χ4v) is 17.7. The smallest absolute Gasteiger partial charge is 0.252 e. The van der Waals surface area contributed by atoms with Crippen molar-refractivity contribution in [3.05, 3.63) is 386 Å². The molecule has 0 saturated heterocycles. The first kappa shape index (κ1) is 60.2. The SMILES string of the molecule is [2H]c1c([2H])c([2H])c(N(c2ccc(-n3c4c([2H])c([2H])c([2H])c([2H])c4c4c([2H])c([2H])c([2H])c([2H])c43)cc2)c2cc3c4c(c2)N(c2cc(-c5ccccc5)cc(-c5ccccc5)c2)c2cc(-n5c6ccc(C(C)(C)C)cc6c6cc(C(C)(C)C)ccc65)ccc2B4c2ccc(-c4cc(C(C)(C)C)cc(C(C)(C)C)c4)cc2N3c2cc(-c3ccccc3)cc(-c3ccccc3)c2)c([2H])c1[2H]. The van der Waals surface area contributed by atoms with E-state index in [4.69, 9.17) is 5.48 Å². The third kappa shape index (κ3) is 12.9. The van der Waals surface area contributed by atoms with Crippen molar-refractivity contribution >= 4 is 118 Å². The third-order valence-electron chi connectivity index (χ3n) is 23.9. The molecule has 0 N–H and O–H groups in total. The minimum absolute atomic E-state index is 0.0822. The summed E-state index contributed by atoms with van der Waals surface area (Å²) in [5, 5.41) is 2.06. The average molecular weight is 1540 g/mol. The van der Waals surface area contributed by atoms with Crippen LogP contribution in [0, 0.1) is 0 Å². The van der Waals surface area contributed by atoms with E-state index < -0.39 is 85.3 Å². The quantitative estimate of drug-likeness (QED) is 0.114. The molecule has 0 radical (unpaired) electrons. The van der Waals surface area contributed by atoms with Crippen LogP contribution in [0.15, 0.2) is 364 Å². The highest BCUT2D eigenvalue weighted by Crippen LogP contribution is 2.53. The van der Waals surface area contributed by atoms with Crippen LogP contribution in [0.4, 0.5) is 51.2 Å². The highest BCUT2D eigenvalue weighted by atomic mass is 15.2. The van der Waals surface area contributed by atoms with Gasteiger partial charge in [-0.25, -0.2) is 0 Å². The van der Waals surface area contributed by atoms with E-state index in [1.165, 1.54) is 26.8 Å². The molecular formula is C112H96BN5. The van der Waals surface area contributed by atoms with Gasteiger partial charge in [0, 0.05) is 78.4 Å². The number of nitrogens with zero attached hydrogens (tertiary/aromatic N) is 5. The number of fused-ring (bicyclic) bond motifs is 10. The van der Waals surface area contributed by atoms with E-state index >= 15 is 0 Å². The molecule has 2 aromatic heterocycles. The Labute approximate surface area is 713 Å². The third-order valence-corrected chi connectivity index (χ3v) is 23.9. The lowest BCUT2D eigenvalue weighted by atomic mass is 9.33. The molecule has 2 aliphatic rings. The van der Waals surface area contributed by atoms with E-state index in [-0.39, 0.29) is 60.5 Å². The van der Waals surface area contributed by atoms with Crippen molar-refractivity contribution in [3.63, 3.8) is 0 Å². The second-order valence-corrected chi connectivity index (χ2v) is 35.7. The van der Waals surface area contributed by atoms with E-state index in [0.29, 0.717) is 17.1 Å². The molecule has 2 aliphatic heterocycles. The van der Waals surface area contributed by atoms with Crippen LogP contribution in [-0.2, 0) is 21.7 Å². The van der Waals surface area contributed by atoms with Gasteiger partial charge in [0.05, 0.1) is 45.6 Å². The molecular weight excluding hydrogens is 1430 g/mol. The van der Waals surface area contributed by atoms with Gasteiger partial charge < -0.3 is 23.8 Å². The summed E-state index contributed by atoms with van der Waals surface area (Å²) in [5.74, 6) is 0. The second kappa shape index (κ2) is 28.2. The Bertz CT molecular complexity index is 7470. The number of hydrogen-bond acceptors (Lipinski definition) is 3. The Balaban J connectivity index is 0.963.